The minimum absolute atomic E-state index is 0.0964. The SMILES string of the molecule is CCOc1c(Br)cc(CN[C@H](C)CO)cc1Br. The molecule has 3 nitrogen and oxygen atoms in total. The van der Waals surface area contributed by atoms with Crippen LogP contribution in [0.1, 0.15) is 19.4 Å². The van der Waals surface area contributed by atoms with Crippen LogP contribution in [0, 0.1) is 0 Å². The molecule has 0 saturated carbocycles. The molecule has 0 saturated heterocycles. The van der Waals surface area contributed by atoms with E-state index in [0.717, 1.165) is 20.3 Å². The van der Waals surface area contributed by atoms with E-state index in [9.17, 15) is 0 Å². The van der Waals surface area contributed by atoms with Crippen molar-refractivity contribution in [3.05, 3.63) is 26.6 Å². The van der Waals surface area contributed by atoms with Gasteiger partial charge in [0.2, 0.25) is 0 Å². The lowest BCUT2D eigenvalue weighted by Gasteiger charge is -2.13. The minimum Gasteiger partial charge on any atom is -0.492 e. The monoisotopic (exact) mass is 365 g/mol. The van der Waals surface area contributed by atoms with E-state index < -0.39 is 0 Å². The van der Waals surface area contributed by atoms with Gasteiger partial charge in [-0.15, -0.1) is 0 Å². The summed E-state index contributed by atoms with van der Waals surface area (Å²) in [4.78, 5) is 0. The van der Waals surface area contributed by atoms with Crippen molar-refractivity contribution in [3.63, 3.8) is 0 Å². The lowest BCUT2D eigenvalue weighted by atomic mass is 10.2. The number of benzene rings is 1. The molecule has 0 amide bonds. The zero-order valence-electron chi connectivity index (χ0n) is 9.96. The Kier molecular flexibility index (Phi) is 6.48. The van der Waals surface area contributed by atoms with Crippen LogP contribution >= 0.6 is 31.9 Å². The Morgan fingerprint density at radius 1 is 1.35 bits per heavy atom. The summed E-state index contributed by atoms with van der Waals surface area (Å²) >= 11 is 6.98. The normalized spacial score (nSPS) is 12.5. The van der Waals surface area contributed by atoms with Crippen molar-refractivity contribution in [2.45, 2.75) is 26.4 Å². The van der Waals surface area contributed by atoms with E-state index in [4.69, 9.17) is 9.84 Å². The van der Waals surface area contributed by atoms with Crippen molar-refractivity contribution >= 4 is 31.9 Å². The number of rotatable bonds is 6. The van der Waals surface area contributed by atoms with Crippen molar-refractivity contribution in [2.75, 3.05) is 13.2 Å². The molecule has 17 heavy (non-hydrogen) atoms. The first-order valence-corrected chi connectivity index (χ1v) is 7.12. The van der Waals surface area contributed by atoms with E-state index in [1.54, 1.807) is 0 Å². The maximum Gasteiger partial charge on any atom is 0.147 e. The Hall–Kier alpha value is -0.100. The number of hydrogen-bond donors (Lipinski definition) is 2. The third-order valence-electron chi connectivity index (χ3n) is 2.28. The summed E-state index contributed by atoms with van der Waals surface area (Å²) in [6.07, 6.45) is 0. The molecule has 0 heterocycles. The highest BCUT2D eigenvalue weighted by atomic mass is 79.9. The second-order valence-electron chi connectivity index (χ2n) is 3.79. The molecule has 1 atom stereocenters. The molecule has 0 fully saturated rings. The zero-order valence-corrected chi connectivity index (χ0v) is 13.1. The van der Waals surface area contributed by atoms with Crippen LogP contribution in [0.5, 0.6) is 5.75 Å². The van der Waals surface area contributed by atoms with Crippen LogP contribution in [0.25, 0.3) is 0 Å². The van der Waals surface area contributed by atoms with E-state index in [1.165, 1.54) is 0 Å². The van der Waals surface area contributed by atoms with Gasteiger partial charge in [0, 0.05) is 12.6 Å². The van der Waals surface area contributed by atoms with E-state index in [0.29, 0.717) is 13.2 Å². The summed E-state index contributed by atoms with van der Waals surface area (Å²) in [5, 5.41) is 12.2. The van der Waals surface area contributed by atoms with Crippen LogP contribution in [0.4, 0.5) is 0 Å². The Labute approximate surface area is 119 Å². The summed E-state index contributed by atoms with van der Waals surface area (Å²) in [7, 11) is 0. The number of ether oxygens (including phenoxy) is 1. The highest BCUT2D eigenvalue weighted by Crippen LogP contribution is 2.34. The molecule has 0 aromatic heterocycles. The molecule has 0 unspecified atom stereocenters. The molecule has 0 spiro atoms. The smallest absolute Gasteiger partial charge is 0.147 e. The lowest BCUT2D eigenvalue weighted by Crippen LogP contribution is -2.28. The van der Waals surface area contributed by atoms with Gasteiger partial charge in [-0.2, -0.15) is 0 Å². The average molecular weight is 367 g/mol. The van der Waals surface area contributed by atoms with E-state index in [-0.39, 0.29) is 12.6 Å². The van der Waals surface area contributed by atoms with Gasteiger partial charge in [-0.25, -0.2) is 0 Å². The molecule has 0 aliphatic rings. The van der Waals surface area contributed by atoms with Gasteiger partial charge in [0.05, 0.1) is 22.2 Å². The Balaban J connectivity index is 2.76. The van der Waals surface area contributed by atoms with Gasteiger partial charge in [-0.3, -0.25) is 0 Å². The molecule has 1 rings (SSSR count). The fourth-order valence-electron chi connectivity index (χ4n) is 1.35. The first-order valence-electron chi connectivity index (χ1n) is 5.53. The largest absolute Gasteiger partial charge is 0.492 e. The van der Waals surface area contributed by atoms with Crippen LogP contribution in [0.2, 0.25) is 0 Å². The van der Waals surface area contributed by atoms with Crippen LogP contribution in [0.15, 0.2) is 21.1 Å². The predicted octanol–water partition coefficient (Wildman–Crippen LogP) is 3.08. The fraction of sp³-hybridized carbons (Fsp3) is 0.500. The van der Waals surface area contributed by atoms with Gasteiger partial charge >= 0.3 is 0 Å². The van der Waals surface area contributed by atoms with E-state index in [2.05, 4.69) is 37.2 Å². The number of aliphatic hydroxyl groups excluding tert-OH is 1. The molecular weight excluding hydrogens is 350 g/mol. The first kappa shape index (κ1) is 15.0. The molecule has 0 aliphatic heterocycles. The van der Waals surface area contributed by atoms with Gasteiger partial charge < -0.3 is 15.2 Å². The first-order chi connectivity index (χ1) is 8.08. The van der Waals surface area contributed by atoms with Crippen molar-refractivity contribution in [3.8, 4) is 5.75 Å². The van der Waals surface area contributed by atoms with Crippen molar-refractivity contribution < 1.29 is 9.84 Å². The standard InChI is InChI=1S/C12H17Br2NO2/c1-3-17-12-10(13)4-9(5-11(12)14)6-15-8(2)7-16/h4-5,8,15-16H,3,6-7H2,1-2H3/t8-/m1/s1. The number of hydrogen-bond acceptors (Lipinski definition) is 3. The summed E-state index contributed by atoms with van der Waals surface area (Å²) in [6.45, 7) is 5.39. The quantitative estimate of drug-likeness (QED) is 0.812. The van der Waals surface area contributed by atoms with E-state index in [1.807, 2.05) is 26.0 Å². The zero-order chi connectivity index (χ0) is 12.8. The molecule has 0 bridgehead atoms. The van der Waals surface area contributed by atoms with Crippen LogP contribution in [-0.4, -0.2) is 24.4 Å². The van der Waals surface area contributed by atoms with E-state index >= 15 is 0 Å². The fourth-order valence-corrected chi connectivity index (χ4v) is 2.86. The number of halogens is 2. The summed E-state index contributed by atoms with van der Waals surface area (Å²) < 4.78 is 7.38. The third-order valence-corrected chi connectivity index (χ3v) is 3.45. The van der Waals surface area contributed by atoms with Crippen molar-refractivity contribution in [1.29, 1.82) is 0 Å². The Bertz CT molecular complexity index is 349. The number of aliphatic hydroxyl groups is 1. The van der Waals surface area contributed by atoms with Gasteiger partial charge in [0.15, 0.2) is 0 Å². The molecule has 96 valence electrons. The average Bonchev–Trinajstić information content (AvgIpc) is 2.30. The lowest BCUT2D eigenvalue weighted by molar-refractivity contribution is 0.251. The predicted molar refractivity (Wildman–Crippen MR) is 76.4 cm³/mol. The minimum atomic E-state index is 0.0964. The molecular formula is C12H17Br2NO2. The second kappa shape index (κ2) is 7.36. The molecule has 0 aliphatic carbocycles. The van der Waals surface area contributed by atoms with Gasteiger partial charge in [-0.1, -0.05) is 0 Å². The molecule has 2 N–H and O–H groups in total. The maximum atomic E-state index is 8.94. The van der Waals surface area contributed by atoms with Crippen LogP contribution in [0.3, 0.4) is 0 Å². The van der Waals surface area contributed by atoms with Gasteiger partial charge in [0.1, 0.15) is 5.75 Å². The van der Waals surface area contributed by atoms with Gasteiger partial charge in [0.25, 0.3) is 0 Å². The molecule has 1 aromatic carbocycles. The third kappa shape index (κ3) is 4.58. The summed E-state index contributed by atoms with van der Waals surface area (Å²) in [5.74, 6) is 0.825. The highest BCUT2D eigenvalue weighted by molar-refractivity contribution is 9.11. The van der Waals surface area contributed by atoms with Crippen molar-refractivity contribution in [1.82, 2.24) is 5.32 Å². The molecule has 0 radical (unpaired) electrons. The topological polar surface area (TPSA) is 41.5 Å². The van der Waals surface area contributed by atoms with Crippen LogP contribution in [-0.2, 0) is 6.54 Å². The Morgan fingerprint density at radius 2 is 1.94 bits per heavy atom. The number of nitrogens with one attached hydrogen (secondary N) is 1. The van der Waals surface area contributed by atoms with Crippen molar-refractivity contribution in [2.24, 2.45) is 0 Å². The molecule has 1 aromatic rings. The molecule has 5 heteroatoms. The summed E-state index contributed by atoms with van der Waals surface area (Å²) in [6, 6.07) is 4.14. The highest BCUT2D eigenvalue weighted by Gasteiger charge is 2.09. The maximum absolute atomic E-state index is 8.94. The van der Waals surface area contributed by atoms with Gasteiger partial charge in [-0.05, 0) is 63.4 Å². The summed E-state index contributed by atoms with van der Waals surface area (Å²) in [5.41, 5.74) is 1.13. The Morgan fingerprint density at radius 3 is 2.41 bits per heavy atom. The van der Waals surface area contributed by atoms with Crippen LogP contribution < -0.4 is 10.1 Å². The second-order valence-corrected chi connectivity index (χ2v) is 5.49.